The Hall–Kier alpha value is -3.27. The highest BCUT2D eigenvalue weighted by Gasteiger charge is 2.28. The standard InChI is InChI=1S/C40H54O8/c1-29-9-6-12-35(46-28-42-4)26-39(48-40(41)14-8-11-34-10-7-13-37(47-34)25-31(3)23-29)38(20-19-36-24-30(2)21-22-44-36)45-27-32-15-17-33(43-5)18-16-32/h6-8,10,12,14-21,31,34-39H,1,9,11,13,22-28H2,2-5H3/b12-6+,14-8-,20-19+/t31-,34-,35-,36+,37-,38-,39-/m0/s1. The number of hydrogen-bond acceptors (Lipinski definition) is 8. The quantitative estimate of drug-likeness (QED) is 0.143. The van der Waals surface area contributed by atoms with Crippen molar-refractivity contribution in [2.75, 3.05) is 27.6 Å². The minimum Gasteiger partial charge on any atom is -0.497 e. The average molecular weight is 663 g/mol. The van der Waals surface area contributed by atoms with Crippen LogP contribution in [0, 0.1) is 5.92 Å². The lowest BCUT2D eigenvalue weighted by molar-refractivity contribution is -0.154. The molecule has 1 aromatic rings. The van der Waals surface area contributed by atoms with Gasteiger partial charge in [-0.2, -0.15) is 0 Å². The Morgan fingerprint density at radius 1 is 1.04 bits per heavy atom. The Balaban J connectivity index is 1.61. The Kier molecular flexibility index (Phi) is 15.9. The first-order valence-corrected chi connectivity index (χ1v) is 17.1. The van der Waals surface area contributed by atoms with Crippen LogP contribution in [0.3, 0.4) is 0 Å². The molecule has 0 aliphatic carbocycles. The maximum Gasteiger partial charge on any atom is 0.330 e. The van der Waals surface area contributed by atoms with Gasteiger partial charge in [-0.15, -0.1) is 0 Å². The van der Waals surface area contributed by atoms with E-state index < -0.39 is 24.3 Å². The van der Waals surface area contributed by atoms with Crippen LogP contribution in [-0.4, -0.2) is 70.2 Å². The Morgan fingerprint density at radius 3 is 2.65 bits per heavy atom. The molecule has 2 bridgehead atoms. The zero-order chi connectivity index (χ0) is 34.1. The summed E-state index contributed by atoms with van der Waals surface area (Å²) in [6, 6.07) is 7.72. The molecule has 1 aromatic carbocycles. The SMILES string of the molecule is C=C1C/C=C/[C@H](OCOC)C[C@@H]([C@H](/C=C/[C@@H]2CC(C)=CCO2)OCc2ccc(OC)cc2)OC(=O)/C=C\C[C@@H]2C=CC[C@@H](C[C@@H](C)C1)O2. The van der Waals surface area contributed by atoms with Gasteiger partial charge in [0, 0.05) is 19.6 Å². The van der Waals surface area contributed by atoms with Gasteiger partial charge in [-0.05, 0) is 69.1 Å². The molecule has 0 N–H and O–H groups in total. The van der Waals surface area contributed by atoms with Crippen LogP contribution < -0.4 is 4.74 Å². The van der Waals surface area contributed by atoms with Crippen LogP contribution in [-0.2, 0) is 39.8 Å². The summed E-state index contributed by atoms with van der Waals surface area (Å²) in [7, 11) is 3.23. The number of cyclic esters (lactones) is 1. The largest absolute Gasteiger partial charge is 0.497 e. The second-order valence-electron chi connectivity index (χ2n) is 13.0. The van der Waals surface area contributed by atoms with Crippen molar-refractivity contribution in [1.29, 1.82) is 0 Å². The van der Waals surface area contributed by atoms with Crippen LogP contribution in [0.2, 0.25) is 0 Å². The third-order valence-electron chi connectivity index (χ3n) is 8.68. The predicted molar refractivity (Wildman–Crippen MR) is 188 cm³/mol. The first-order chi connectivity index (χ1) is 23.3. The zero-order valence-corrected chi connectivity index (χ0v) is 29.1. The number of allylic oxidation sites excluding steroid dienone is 2. The monoisotopic (exact) mass is 662 g/mol. The second-order valence-corrected chi connectivity index (χ2v) is 13.0. The van der Waals surface area contributed by atoms with Crippen molar-refractivity contribution in [2.45, 2.75) is 102 Å². The maximum atomic E-state index is 13.4. The summed E-state index contributed by atoms with van der Waals surface area (Å²) < 4.78 is 41.7. The van der Waals surface area contributed by atoms with Crippen molar-refractivity contribution in [2.24, 2.45) is 5.92 Å². The van der Waals surface area contributed by atoms with Gasteiger partial charge >= 0.3 is 5.97 Å². The number of ether oxygens (including phenoxy) is 7. The highest BCUT2D eigenvalue weighted by Crippen LogP contribution is 2.26. The Bertz CT molecular complexity index is 1290. The van der Waals surface area contributed by atoms with E-state index in [4.69, 9.17) is 33.2 Å². The number of carbonyl (C=O) groups is 1. The Labute approximate surface area is 287 Å². The lowest BCUT2D eigenvalue weighted by Gasteiger charge is -2.29. The molecule has 3 heterocycles. The molecular formula is C40H54O8. The van der Waals surface area contributed by atoms with E-state index in [0.29, 0.717) is 32.0 Å². The minimum absolute atomic E-state index is 0.0795. The van der Waals surface area contributed by atoms with Crippen LogP contribution in [0.1, 0.15) is 64.4 Å². The molecule has 8 heteroatoms. The summed E-state index contributed by atoms with van der Waals surface area (Å²) in [5.41, 5.74) is 3.39. The highest BCUT2D eigenvalue weighted by atomic mass is 16.7. The van der Waals surface area contributed by atoms with E-state index in [1.165, 1.54) is 11.6 Å². The Morgan fingerprint density at radius 2 is 1.88 bits per heavy atom. The molecule has 3 aliphatic rings. The molecule has 262 valence electrons. The van der Waals surface area contributed by atoms with E-state index in [-0.39, 0.29) is 25.1 Å². The molecule has 7 atom stereocenters. The van der Waals surface area contributed by atoms with Crippen molar-refractivity contribution in [3.63, 3.8) is 0 Å². The van der Waals surface area contributed by atoms with E-state index in [1.54, 1.807) is 14.2 Å². The number of carbonyl (C=O) groups excluding carboxylic acids is 1. The summed E-state index contributed by atoms with van der Waals surface area (Å²) in [6.07, 6.45) is 21.3. The summed E-state index contributed by atoms with van der Waals surface area (Å²) in [5.74, 6) is 0.762. The number of benzene rings is 1. The van der Waals surface area contributed by atoms with Gasteiger partial charge in [-0.1, -0.05) is 85.4 Å². The van der Waals surface area contributed by atoms with Gasteiger partial charge in [0.05, 0.1) is 44.7 Å². The van der Waals surface area contributed by atoms with E-state index >= 15 is 0 Å². The summed E-state index contributed by atoms with van der Waals surface area (Å²) in [6.45, 7) is 9.67. The molecule has 0 unspecified atom stereocenters. The fourth-order valence-electron chi connectivity index (χ4n) is 6.17. The molecule has 0 saturated heterocycles. The second kappa shape index (κ2) is 20.3. The zero-order valence-electron chi connectivity index (χ0n) is 29.1. The molecule has 0 amide bonds. The van der Waals surface area contributed by atoms with E-state index in [2.05, 4.69) is 44.7 Å². The van der Waals surface area contributed by atoms with Crippen LogP contribution >= 0.6 is 0 Å². The normalized spacial score (nSPS) is 29.7. The first kappa shape index (κ1) is 37.5. The third-order valence-corrected chi connectivity index (χ3v) is 8.68. The number of methoxy groups -OCH3 is 2. The molecule has 48 heavy (non-hydrogen) atoms. The van der Waals surface area contributed by atoms with Crippen molar-refractivity contribution < 1.29 is 38.0 Å². The summed E-state index contributed by atoms with van der Waals surface area (Å²) >= 11 is 0. The lowest BCUT2D eigenvalue weighted by Crippen LogP contribution is -2.36. The van der Waals surface area contributed by atoms with Gasteiger partial charge in [-0.3, -0.25) is 0 Å². The number of hydrogen-bond donors (Lipinski definition) is 0. The molecule has 0 saturated carbocycles. The van der Waals surface area contributed by atoms with Crippen LogP contribution in [0.5, 0.6) is 5.75 Å². The van der Waals surface area contributed by atoms with Gasteiger partial charge in [0.1, 0.15) is 24.8 Å². The van der Waals surface area contributed by atoms with Crippen molar-refractivity contribution in [3.8, 4) is 5.75 Å². The van der Waals surface area contributed by atoms with Crippen LogP contribution in [0.15, 0.2) is 96.7 Å². The molecule has 3 aliphatic heterocycles. The van der Waals surface area contributed by atoms with Gasteiger partial charge in [0.15, 0.2) is 0 Å². The fraction of sp³-hybridized carbons (Fsp3) is 0.525. The van der Waals surface area contributed by atoms with E-state index in [1.807, 2.05) is 48.6 Å². The smallest absolute Gasteiger partial charge is 0.330 e. The van der Waals surface area contributed by atoms with E-state index in [9.17, 15) is 4.79 Å². The van der Waals surface area contributed by atoms with Crippen molar-refractivity contribution in [1.82, 2.24) is 0 Å². The number of rotatable bonds is 10. The summed E-state index contributed by atoms with van der Waals surface area (Å²) in [5, 5.41) is 0. The number of esters is 1. The predicted octanol–water partition coefficient (Wildman–Crippen LogP) is 7.76. The fourth-order valence-corrected chi connectivity index (χ4v) is 6.17. The highest BCUT2D eigenvalue weighted by molar-refractivity contribution is 5.82. The number of fused-ring (bicyclic) bond motifs is 2. The molecule has 0 aromatic heterocycles. The van der Waals surface area contributed by atoms with Gasteiger partial charge in [0.25, 0.3) is 0 Å². The van der Waals surface area contributed by atoms with Crippen LogP contribution in [0.25, 0.3) is 0 Å². The molecule has 0 spiro atoms. The van der Waals surface area contributed by atoms with Crippen molar-refractivity contribution in [3.05, 3.63) is 102 Å². The summed E-state index contributed by atoms with van der Waals surface area (Å²) in [4.78, 5) is 13.4. The first-order valence-electron chi connectivity index (χ1n) is 17.1. The van der Waals surface area contributed by atoms with Crippen molar-refractivity contribution >= 4 is 5.97 Å². The molecule has 4 rings (SSSR count). The topological polar surface area (TPSA) is 81.7 Å². The third kappa shape index (κ3) is 13.3. The van der Waals surface area contributed by atoms with Crippen LogP contribution in [0.4, 0.5) is 0 Å². The molecular weight excluding hydrogens is 608 g/mol. The van der Waals surface area contributed by atoms with Gasteiger partial charge < -0.3 is 33.2 Å². The average Bonchev–Trinajstić information content (AvgIpc) is 3.07. The van der Waals surface area contributed by atoms with Gasteiger partial charge in [0.2, 0.25) is 0 Å². The van der Waals surface area contributed by atoms with Gasteiger partial charge in [-0.25, -0.2) is 4.79 Å². The molecule has 0 fully saturated rings. The minimum atomic E-state index is -0.680. The lowest BCUT2D eigenvalue weighted by atomic mass is 9.92. The van der Waals surface area contributed by atoms with E-state index in [0.717, 1.165) is 49.0 Å². The molecule has 0 radical (unpaired) electrons. The molecule has 8 nitrogen and oxygen atoms in total. The maximum absolute atomic E-state index is 13.4.